The molecule has 0 bridgehead atoms. The molecule has 0 spiro atoms. The average molecular weight is 416 g/mol. The highest BCUT2D eigenvalue weighted by atomic mass is 35.5. The third-order valence-electron chi connectivity index (χ3n) is 3.91. The normalized spacial score (nSPS) is 11.1. The number of anilines is 2. The Morgan fingerprint density at radius 1 is 0.929 bits per heavy atom. The molecule has 3 aromatic rings. The Balaban J connectivity index is 1.75. The summed E-state index contributed by atoms with van der Waals surface area (Å²) in [5.41, 5.74) is 4.67. The zero-order valence-electron chi connectivity index (χ0n) is 14.9. The van der Waals surface area contributed by atoms with Crippen LogP contribution in [0.2, 0.25) is 5.02 Å². The second-order valence-electron chi connectivity index (χ2n) is 6.05. The fourth-order valence-electron chi connectivity index (χ4n) is 2.47. The Morgan fingerprint density at radius 3 is 2.36 bits per heavy atom. The minimum Gasteiger partial charge on any atom is -0.355 e. The Hall–Kier alpha value is -2.87. The summed E-state index contributed by atoms with van der Waals surface area (Å²) in [6.07, 6.45) is 0. The Morgan fingerprint density at radius 2 is 1.64 bits per heavy atom. The number of halogens is 1. The lowest BCUT2D eigenvalue weighted by atomic mass is 10.1. The Kier molecular flexibility index (Phi) is 5.99. The number of para-hydroxylation sites is 1. The minimum absolute atomic E-state index is 0.0590. The fourth-order valence-corrected chi connectivity index (χ4v) is 3.50. The molecule has 3 N–H and O–H groups in total. The molecule has 0 atom stereocenters. The van der Waals surface area contributed by atoms with Gasteiger partial charge in [-0.3, -0.25) is 10.2 Å². The maximum Gasteiger partial charge on any atom is 0.268 e. The van der Waals surface area contributed by atoms with E-state index in [9.17, 15) is 13.2 Å². The smallest absolute Gasteiger partial charge is 0.268 e. The molecule has 0 unspecified atom stereocenters. The molecule has 6 nitrogen and oxygen atoms in total. The highest BCUT2D eigenvalue weighted by Gasteiger charge is 2.17. The first-order chi connectivity index (χ1) is 13.3. The van der Waals surface area contributed by atoms with Crippen molar-refractivity contribution in [2.45, 2.75) is 11.8 Å². The predicted octanol–water partition coefficient (Wildman–Crippen LogP) is 4.02. The van der Waals surface area contributed by atoms with Crippen LogP contribution in [-0.2, 0) is 10.0 Å². The molecule has 28 heavy (non-hydrogen) atoms. The van der Waals surface area contributed by atoms with Gasteiger partial charge in [0.05, 0.1) is 16.1 Å². The standard InChI is InChI=1S/C20H18ClN3O3S/c1-14-9-11-17(12-10-14)28(26,27)24-23-20(25)18-7-2-3-8-19(18)22-16-6-4-5-15(21)13-16/h2-13,22,24H,1H3,(H,23,25). The van der Waals surface area contributed by atoms with Crippen LogP contribution in [0.1, 0.15) is 15.9 Å². The molecule has 8 heteroatoms. The van der Waals surface area contributed by atoms with Gasteiger partial charge in [0.1, 0.15) is 0 Å². The van der Waals surface area contributed by atoms with E-state index in [4.69, 9.17) is 11.6 Å². The number of benzene rings is 3. The van der Waals surface area contributed by atoms with Crippen LogP contribution in [-0.4, -0.2) is 14.3 Å². The van der Waals surface area contributed by atoms with E-state index in [0.717, 1.165) is 5.56 Å². The summed E-state index contributed by atoms with van der Waals surface area (Å²) >= 11 is 5.99. The van der Waals surface area contributed by atoms with Crippen LogP contribution in [0.25, 0.3) is 0 Å². The quantitative estimate of drug-likeness (QED) is 0.531. The molecule has 1 amide bonds. The van der Waals surface area contributed by atoms with Crippen LogP contribution in [0.3, 0.4) is 0 Å². The van der Waals surface area contributed by atoms with Crippen LogP contribution in [0.4, 0.5) is 11.4 Å². The van der Waals surface area contributed by atoms with Crippen LogP contribution in [0.15, 0.2) is 77.7 Å². The number of hydrogen-bond donors (Lipinski definition) is 3. The number of aryl methyl sites for hydroxylation is 1. The van der Waals surface area contributed by atoms with Crippen LogP contribution < -0.4 is 15.6 Å². The van der Waals surface area contributed by atoms with Gasteiger partial charge < -0.3 is 5.32 Å². The molecule has 0 aromatic heterocycles. The molecule has 0 fully saturated rings. The van der Waals surface area contributed by atoms with E-state index in [1.54, 1.807) is 60.7 Å². The molecule has 0 saturated carbocycles. The largest absolute Gasteiger partial charge is 0.355 e. The van der Waals surface area contributed by atoms with Crippen molar-refractivity contribution in [3.05, 3.63) is 88.9 Å². The first-order valence-corrected chi connectivity index (χ1v) is 10.2. The van der Waals surface area contributed by atoms with Gasteiger partial charge in [-0.1, -0.05) is 47.5 Å². The van der Waals surface area contributed by atoms with Crippen molar-refractivity contribution in [1.29, 1.82) is 0 Å². The van der Waals surface area contributed by atoms with Crippen molar-refractivity contribution >= 4 is 38.9 Å². The number of carbonyl (C=O) groups is 1. The van der Waals surface area contributed by atoms with Crippen molar-refractivity contribution in [3.8, 4) is 0 Å². The second-order valence-corrected chi connectivity index (χ2v) is 8.17. The number of nitrogens with one attached hydrogen (secondary N) is 3. The molecule has 3 rings (SSSR count). The predicted molar refractivity (Wildman–Crippen MR) is 110 cm³/mol. The van der Waals surface area contributed by atoms with Crippen molar-refractivity contribution in [2.75, 3.05) is 5.32 Å². The highest BCUT2D eigenvalue weighted by Crippen LogP contribution is 2.23. The minimum atomic E-state index is -3.88. The van der Waals surface area contributed by atoms with E-state index in [2.05, 4.69) is 15.6 Å². The lowest BCUT2D eigenvalue weighted by molar-refractivity contribution is 0.0946. The van der Waals surface area contributed by atoms with Crippen molar-refractivity contribution in [1.82, 2.24) is 10.3 Å². The highest BCUT2D eigenvalue weighted by molar-refractivity contribution is 7.89. The first-order valence-electron chi connectivity index (χ1n) is 8.35. The van der Waals surface area contributed by atoms with Crippen LogP contribution in [0, 0.1) is 6.92 Å². The molecule has 0 radical (unpaired) electrons. The lowest BCUT2D eigenvalue weighted by Gasteiger charge is -2.13. The average Bonchev–Trinajstić information content (AvgIpc) is 2.67. The molecule has 3 aromatic carbocycles. The number of hydrogen-bond acceptors (Lipinski definition) is 4. The zero-order chi connectivity index (χ0) is 20.1. The number of hydrazine groups is 1. The third kappa shape index (κ3) is 4.89. The summed E-state index contributed by atoms with van der Waals surface area (Å²) < 4.78 is 24.7. The molecule has 0 saturated heterocycles. The van der Waals surface area contributed by atoms with Gasteiger partial charge in [0.2, 0.25) is 0 Å². The fraction of sp³-hybridized carbons (Fsp3) is 0.0500. The molecule has 0 aliphatic heterocycles. The van der Waals surface area contributed by atoms with E-state index in [-0.39, 0.29) is 10.5 Å². The van der Waals surface area contributed by atoms with Crippen molar-refractivity contribution in [2.24, 2.45) is 0 Å². The number of rotatable bonds is 6. The lowest BCUT2D eigenvalue weighted by Crippen LogP contribution is -2.41. The van der Waals surface area contributed by atoms with Crippen molar-refractivity contribution in [3.63, 3.8) is 0 Å². The third-order valence-corrected chi connectivity index (χ3v) is 5.40. The second kappa shape index (κ2) is 8.43. The number of carbonyl (C=O) groups excluding carboxylic acids is 1. The summed E-state index contributed by atoms with van der Waals surface area (Å²) in [5.74, 6) is -0.596. The maximum atomic E-state index is 12.6. The molecular formula is C20H18ClN3O3S. The van der Waals surface area contributed by atoms with Gasteiger partial charge in [-0.25, -0.2) is 8.42 Å². The van der Waals surface area contributed by atoms with Gasteiger partial charge in [0.25, 0.3) is 15.9 Å². The van der Waals surface area contributed by atoms with E-state index in [0.29, 0.717) is 16.4 Å². The molecule has 0 aliphatic rings. The Bertz CT molecular complexity index is 1100. The monoisotopic (exact) mass is 415 g/mol. The SMILES string of the molecule is Cc1ccc(S(=O)(=O)NNC(=O)c2ccccc2Nc2cccc(Cl)c2)cc1. The van der Waals surface area contributed by atoms with E-state index >= 15 is 0 Å². The van der Waals surface area contributed by atoms with E-state index < -0.39 is 15.9 Å². The van der Waals surface area contributed by atoms with Gasteiger partial charge in [0, 0.05) is 10.7 Å². The summed E-state index contributed by atoms with van der Waals surface area (Å²) in [6, 6.07) is 20.1. The summed E-state index contributed by atoms with van der Waals surface area (Å²) in [6.45, 7) is 1.86. The Labute approximate surface area is 168 Å². The zero-order valence-corrected chi connectivity index (χ0v) is 16.5. The topological polar surface area (TPSA) is 87.3 Å². The number of sulfonamides is 1. The first kappa shape index (κ1) is 19.9. The van der Waals surface area contributed by atoms with Gasteiger partial charge in [0.15, 0.2) is 0 Å². The summed E-state index contributed by atoms with van der Waals surface area (Å²) in [4.78, 5) is 14.7. The molecule has 0 heterocycles. The molecule has 144 valence electrons. The summed E-state index contributed by atoms with van der Waals surface area (Å²) in [5, 5.41) is 3.66. The van der Waals surface area contributed by atoms with Crippen LogP contribution >= 0.6 is 11.6 Å². The summed E-state index contributed by atoms with van der Waals surface area (Å²) in [7, 11) is -3.88. The maximum absolute atomic E-state index is 12.6. The van der Waals surface area contributed by atoms with Gasteiger partial charge in [-0.15, -0.1) is 4.83 Å². The van der Waals surface area contributed by atoms with Crippen LogP contribution in [0.5, 0.6) is 0 Å². The van der Waals surface area contributed by atoms with Gasteiger partial charge in [-0.05, 0) is 49.4 Å². The van der Waals surface area contributed by atoms with Gasteiger partial charge >= 0.3 is 0 Å². The van der Waals surface area contributed by atoms with E-state index in [1.165, 1.54) is 12.1 Å². The molecular weight excluding hydrogens is 398 g/mol. The van der Waals surface area contributed by atoms with Gasteiger partial charge in [-0.2, -0.15) is 0 Å². The number of amides is 1. The van der Waals surface area contributed by atoms with E-state index in [1.807, 2.05) is 6.92 Å². The van der Waals surface area contributed by atoms with Crippen molar-refractivity contribution < 1.29 is 13.2 Å². The molecule has 0 aliphatic carbocycles.